The molecule has 0 radical (unpaired) electrons. The summed E-state index contributed by atoms with van der Waals surface area (Å²) in [7, 11) is 3.93. The van der Waals surface area contributed by atoms with Crippen molar-refractivity contribution in [3.63, 3.8) is 0 Å². The summed E-state index contributed by atoms with van der Waals surface area (Å²) in [5.74, 6) is -7.35. The van der Waals surface area contributed by atoms with Crippen LogP contribution in [-0.4, -0.2) is 112 Å². The molecule has 0 bridgehead atoms. The van der Waals surface area contributed by atoms with Gasteiger partial charge >= 0.3 is 36.4 Å². The molecule has 0 amide bonds. The van der Waals surface area contributed by atoms with E-state index < -0.39 is 36.4 Å². The highest BCUT2D eigenvalue weighted by Gasteiger charge is 2.44. The Labute approximate surface area is 273 Å². The fraction of sp³-hybridized carbons (Fsp3) is 0.517. The molecule has 1 atom stereocenters. The number of nitrogens with zero attached hydrogens (tertiary/aromatic N) is 3. The van der Waals surface area contributed by atoms with E-state index in [4.69, 9.17) is 39.2 Å². The van der Waals surface area contributed by atoms with Crippen LogP contribution in [0, 0.1) is 0 Å². The van der Waals surface area contributed by atoms with Gasteiger partial charge in [-0.05, 0) is 61.7 Å². The zero-order valence-corrected chi connectivity index (χ0v) is 26.0. The standard InChI is InChI=1S/C23H31N3O2.3C2HF3O2/c1-25(16-20-7-11-24-12-8-20)21-15-23(28-18-21)9-13-26(14-10-23)17-19-3-5-22(27-2)6-4-19;3*3-2(4,5)1(6)7/h3-8,11-12,21H,9-10,13-18H2,1-2H3;3*(H,6,7). The lowest BCUT2D eigenvalue weighted by Crippen LogP contribution is -2.44. The van der Waals surface area contributed by atoms with Crippen LogP contribution >= 0.6 is 0 Å². The number of methoxy groups -OCH3 is 1. The molecule has 1 aromatic heterocycles. The molecule has 0 saturated carbocycles. The second kappa shape index (κ2) is 18.6. The number of rotatable bonds is 6. The third-order valence-electron chi connectivity index (χ3n) is 7.05. The van der Waals surface area contributed by atoms with Crippen molar-refractivity contribution in [1.82, 2.24) is 14.8 Å². The molecular formula is C29H34F9N3O8. The average molecular weight is 724 g/mol. The number of carbonyl (C=O) groups is 3. The number of likely N-dealkylation sites (tertiary alicyclic amines) is 1. The van der Waals surface area contributed by atoms with Gasteiger partial charge in [-0.1, -0.05) is 12.1 Å². The number of carboxylic acid groups (broad SMARTS) is 3. The number of carboxylic acids is 3. The normalized spacial score (nSPS) is 17.4. The minimum Gasteiger partial charge on any atom is -0.497 e. The third-order valence-corrected chi connectivity index (χ3v) is 7.05. The first-order chi connectivity index (χ1) is 22.5. The van der Waals surface area contributed by atoms with Crippen molar-refractivity contribution >= 4 is 17.9 Å². The number of alkyl halides is 9. The zero-order chi connectivity index (χ0) is 37.6. The molecule has 49 heavy (non-hydrogen) atoms. The highest BCUT2D eigenvalue weighted by molar-refractivity contribution is 5.73. The van der Waals surface area contributed by atoms with E-state index in [1.54, 1.807) is 7.11 Å². The fourth-order valence-corrected chi connectivity index (χ4v) is 4.46. The molecule has 1 aromatic carbocycles. The molecule has 20 heteroatoms. The monoisotopic (exact) mass is 723 g/mol. The summed E-state index contributed by atoms with van der Waals surface area (Å²) in [4.78, 5) is 35.8. The van der Waals surface area contributed by atoms with Crippen molar-refractivity contribution in [2.24, 2.45) is 0 Å². The smallest absolute Gasteiger partial charge is 0.490 e. The summed E-state index contributed by atoms with van der Waals surface area (Å²) in [6, 6.07) is 13.1. The molecule has 1 spiro atoms. The van der Waals surface area contributed by atoms with Crippen molar-refractivity contribution in [2.75, 3.05) is 33.9 Å². The van der Waals surface area contributed by atoms with Crippen LogP contribution in [0.1, 0.15) is 30.4 Å². The summed E-state index contributed by atoms with van der Waals surface area (Å²) in [6.45, 7) is 5.02. The number of likely N-dealkylation sites (N-methyl/N-ethyl adjacent to an activating group) is 1. The van der Waals surface area contributed by atoms with Crippen LogP contribution in [0.2, 0.25) is 0 Å². The van der Waals surface area contributed by atoms with E-state index in [0.717, 1.165) is 57.8 Å². The first kappa shape index (κ1) is 42.9. The largest absolute Gasteiger partial charge is 0.497 e. The van der Waals surface area contributed by atoms with Crippen LogP contribution in [0.4, 0.5) is 39.5 Å². The molecule has 2 aliphatic heterocycles. The van der Waals surface area contributed by atoms with Gasteiger partial charge in [-0.3, -0.25) is 14.8 Å². The Bertz CT molecular complexity index is 1260. The molecule has 2 aromatic rings. The van der Waals surface area contributed by atoms with Gasteiger partial charge in [-0.2, -0.15) is 39.5 Å². The maximum atomic E-state index is 10.6. The van der Waals surface area contributed by atoms with Crippen molar-refractivity contribution in [1.29, 1.82) is 0 Å². The van der Waals surface area contributed by atoms with Crippen LogP contribution in [0.25, 0.3) is 0 Å². The van der Waals surface area contributed by atoms with Gasteiger partial charge in [-0.15, -0.1) is 0 Å². The topological polar surface area (TPSA) is 150 Å². The second-order valence-corrected chi connectivity index (χ2v) is 10.7. The number of ether oxygens (including phenoxy) is 2. The molecule has 0 aliphatic carbocycles. The van der Waals surface area contributed by atoms with E-state index in [-0.39, 0.29) is 5.60 Å². The Kier molecular flexibility index (Phi) is 16.2. The number of pyridine rings is 1. The van der Waals surface area contributed by atoms with E-state index in [1.165, 1.54) is 11.1 Å². The fourth-order valence-electron chi connectivity index (χ4n) is 4.46. The van der Waals surface area contributed by atoms with Crippen LogP contribution in [0.15, 0.2) is 48.8 Å². The molecule has 11 nitrogen and oxygen atoms in total. The van der Waals surface area contributed by atoms with Crippen molar-refractivity contribution in [3.05, 3.63) is 59.9 Å². The lowest BCUT2D eigenvalue weighted by molar-refractivity contribution is -0.193. The molecule has 3 heterocycles. The van der Waals surface area contributed by atoms with Gasteiger partial charge in [0.2, 0.25) is 0 Å². The number of benzene rings is 1. The summed E-state index contributed by atoms with van der Waals surface area (Å²) >= 11 is 0. The van der Waals surface area contributed by atoms with E-state index in [0.29, 0.717) is 6.04 Å². The number of aromatic nitrogens is 1. The van der Waals surface area contributed by atoms with Gasteiger partial charge in [0, 0.05) is 44.6 Å². The SMILES string of the molecule is COc1ccc(CN2CCC3(CC2)CC(N(C)Cc2ccncc2)CO3)cc1.O=C(O)C(F)(F)F.O=C(O)C(F)(F)F.O=C(O)C(F)(F)F. The zero-order valence-electron chi connectivity index (χ0n) is 26.0. The number of hydrogen-bond acceptors (Lipinski definition) is 8. The predicted molar refractivity (Wildman–Crippen MR) is 151 cm³/mol. The van der Waals surface area contributed by atoms with Crippen LogP contribution in [0.3, 0.4) is 0 Å². The molecule has 2 fully saturated rings. The van der Waals surface area contributed by atoms with Crippen LogP contribution in [-0.2, 0) is 32.2 Å². The van der Waals surface area contributed by atoms with Gasteiger partial charge < -0.3 is 24.8 Å². The Hall–Kier alpha value is -4.17. The van der Waals surface area contributed by atoms with Crippen molar-refractivity contribution in [2.45, 2.75) is 62.5 Å². The second-order valence-electron chi connectivity index (χ2n) is 10.7. The maximum Gasteiger partial charge on any atom is 0.490 e. The molecule has 4 rings (SSSR count). The lowest BCUT2D eigenvalue weighted by atomic mass is 9.87. The van der Waals surface area contributed by atoms with Gasteiger partial charge in [0.05, 0.1) is 19.3 Å². The Morgan fingerprint density at radius 2 is 1.27 bits per heavy atom. The lowest BCUT2D eigenvalue weighted by Gasteiger charge is -2.39. The molecule has 3 N–H and O–H groups in total. The number of hydrogen-bond donors (Lipinski definition) is 3. The summed E-state index contributed by atoms with van der Waals surface area (Å²) in [6.07, 6.45) is -8.11. The molecule has 1 unspecified atom stereocenters. The van der Waals surface area contributed by atoms with Crippen LogP contribution in [0.5, 0.6) is 5.75 Å². The maximum absolute atomic E-state index is 10.6. The highest BCUT2D eigenvalue weighted by atomic mass is 19.4. The van der Waals surface area contributed by atoms with E-state index in [2.05, 4.69) is 46.1 Å². The molecule has 2 aliphatic rings. The summed E-state index contributed by atoms with van der Waals surface area (Å²) < 4.78 is 107. The Morgan fingerprint density at radius 1 is 0.837 bits per heavy atom. The van der Waals surface area contributed by atoms with E-state index in [9.17, 15) is 39.5 Å². The van der Waals surface area contributed by atoms with E-state index in [1.807, 2.05) is 24.5 Å². The van der Waals surface area contributed by atoms with E-state index >= 15 is 0 Å². The molecule has 2 saturated heterocycles. The van der Waals surface area contributed by atoms with Gasteiger partial charge in [-0.25, -0.2) is 14.4 Å². The summed E-state index contributed by atoms with van der Waals surface area (Å²) in [5.41, 5.74) is 2.74. The number of aliphatic carboxylic acids is 3. The Morgan fingerprint density at radius 3 is 1.65 bits per heavy atom. The minimum absolute atomic E-state index is 0.0770. The van der Waals surface area contributed by atoms with Gasteiger partial charge in [0.25, 0.3) is 0 Å². The van der Waals surface area contributed by atoms with Crippen LogP contribution < -0.4 is 4.74 Å². The summed E-state index contributed by atoms with van der Waals surface area (Å²) in [5, 5.41) is 21.4. The minimum atomic E-state index is -5.08. The molecule has 276 valence electrons. The highest BCUT2D eigenvalue weighted by Crippen LogP contribution is 2.38. The Balaban J connectivity index is 0.000000467. The molecular weight excluding hydrogens is 689 g/mol. The average Bonchev–Trinajstić information content (AvgIpc) is 3.42. The first-order valence-electron chi connectivity index (χ1n) is 14.0. The van der Waals surface area contributed by atoms with Crippen molar-refractivity contribution < 1.29 is 78.7 Å². The van der Waals surface area contributed by atoms with Crippen molar-refractivity contribution in [3.8, 4) is 5.75 Å². The number of halogens is 9. The first-order valence-corrected chi connectivity index (χ1v) is 14.0. The number of piperidine rings is 1. The third kappa shape index (κ3) is 16.2. The predicted octanol–water partition coefficient (Wildman–Crippen LogP) is 5.25. The van der Waals surface area contributed by atoms with Gasteiger partial charge in [0.1, 0.15) is 5.75 Å². The van der Waals surface area contributed by atoms with Gasteiger partial charge in [0.15, 0.2) is 0 Å². The quantitative estimate of drug-likeness (QED) is 0.336.